The fourth-order valence-electron chi connectivity index (χ4n) is 3.66. The van der Waals surface area contributed by atoms with Crippen LogP contribution in [0, 0.1) is 5.82 Å². The number of carbonyl (C=O) groups is 1. The van der Waals surface area contributed by atoms with E-state index >= 15 is 0 Å². The molecule has 28 heavy (non-hydrogen) atoms. The van der Waals surface area contributed by atoms with Gasteiger partial charge in [-0.1, -0.05) is 47.6 Å². The summed E-state index contributed by atoms with van der Waals surface area (Å²) < 4.78 is 18.6. The summed E-state index contributed by atoms with van der Waals surface area (Å²) in [5.74, 6) is -0.0600. The maximum absolute atomic E-state index is 13.2. The molecule has 0 radical (unpaired) electrons. The van der Waals surface area contributed by atoms with Crippen molar-refractivity contribution in [2.45, 2.75) is 24.8 Å². The molecular formula is C21H20FN3O3. The Morgan fingerprint density at radius 2 is 1.79 bits per heavy atom. The van der Waals surface area contributed by atoms with E-state index in [1.807, 2.05) is 35.2 Å². The molecule has 3 aromatic rings. The van der Waals surface area contributed by atoms with Crippen LogP contribution in [0.15, 0.2) is 59.1 Å². The van der Waals surface area contributed by atoms with E-state index in [4.69, 9.17) is 4.52 Å². The Kier molecular flexibility index (Phi) is 5.16. The molecule has 4 rings (SSSR count). The van der Waals surface area contributed by atoms with Crippen molar-refractivity contribution in [3.05, 3.63) is 71.9 Å². The predicted octanol–water partition coefficient (Wildman–Crippen LogP) is 3.88. The van der Waals surface area contributed by atoms with Gasteiger partial charge in [0.15, 0.2) is 0 Å². The zero-order valence-electron chi connectivity index (χ0n) is 15.2. The number of carboxylic acids is 1. The van der Waals surface area contributed by atoms with E-state index in [0.29, 0.717) is 30.4 Å². The molecule has 144 valence electrons. The van der Waals surface area contributed by atoms with E-state index in [-0.39, 0.29) is 11.7 Å². The molecule has 1 aliphatic heterocycles. The van der Waals surface area contributed by atoms with Gasteiger partial charge in [0.05, 0.1) is 0 Å². The van der Waals surface area contributed by atoms with Crippen LogP contribution in [0.3, 0.4) is 0 Å². The smallest absolute Gasteiger partial charge is 0.325 e. The highest BCUT2D eigenvalue weighted by molar-refractivity contribution is 5.75. The van der Waals surface area contributed by atoms with Crippen molar-refractivity contribution in [2.75, 3.05) is 13.1 Å². The van der Waals surface area contributed by atoms with Gasteiger partial charge in [0, 0.05) is 24.6 Å². The molecule has 1 fully saturated rings. The number of piperidine rings is 1. The quantitative estimate of drug-likeness (QED) is 0.722. The Hall–Kier alpha value is -3.06. The summed E-state index contributed by atoms with van der Waals surface area (Å²) in [6.45, 7) is 1.17. The summed E-state index contributed by atoms with van der Waals surface area (Å²) in [6.07, 6.45) is 1.45. The van der Waals surface area contributed by atoms with Crippen LogP contribution in [0.1, 0.15) is 36.3 Å². The maximum Gasteiger partial charge on any atom is 0.325 e. The van der Waals surface area contributed by atoms with Gasteiger partial charge >= 0.3 is 5.97 Å². The molecule has 1 unspecified atom stereocenters. The van der Waals surface area contributed by atoms with Gasteiger partial charge in [-0.05, 0) is 30.5 Å². The highest BCUT2D eigenvalue weighted by Crippen LogP contribution is 2.32. The summed E-state index contributed by atoms with van der Waals surface area (Å²) in [5.41, 5.74) is 1.48. The fourth-order valence-corrected chi connectivity index (χ4v) is 3.66. The highest BCUT2D eigenvalue weighted by Gasteiger charge is 2.33. The van der Waals surface area contributed by atoms with Crippen LogP contribution < -0.4 is 0 Å². The van der Waals surface area contributed by atoms with Crippen molar-refractivity contribution in [3.8, 4) is 11.4 Å². The second kappa shape index (κ2) is 7.90. The van der Waals surface area contributed by atoms with Gasteiger partial charge in [-0.15, -0.1) is 0 Å². The first-order valence-electron chi connectivity index (χ1n) is 9.23. The third kappa shape index (κ3) is 3.80. The zero-order chi connectivity index (χ0) is 19.5. The molecule has 7 heteroatoms. The summed E-state index contributed by atoms with van der Waals surface area (Å²) >= 11 is 0. The van der Waals surface area contributed by atoms with Gasteiger partial charge in [-0.2, -0.15) is 4.98 Å². The minimum Gasteiger partial charge on any atom is -0.480 e. The van der Waals surface area contributed by atoms with Gasteiger partial charge < -0.3 is 9.63 Å². The number of halogens is 1. The van der Waals surface area contributed by atoms with Crippen molar-refractivity contribution >= 4 is 5.97 Å². The van der Waals surface area contributed by atoms with E-state index in [2.05, 4.69) is 10.1 Å². The Labute approximate surface area is 161 Å². The van der Waals surface area contributed by atoms with Crippen molar-refractivity contribution in [1.29, 1.82) is 0 Å². The number of hydrogen-bond acceptors (Lipinski definition) is 5. The van der Waals surface area contributed by atoms with Gasteiger partial charge in [0.1, 0.15) is 11.9 Å². The summed E-state index contributed by atoms with van der Waals surface area (Å²) in [6, 6.07) is 14.5. The fraction of sp³-hybridized carbons (Fsp3) is 0.286. The average molecular weight is 381 g/mol. The lowest BCUT2D eigenvalue weighted by Gasteiger charge is -2.34. The number of nitrogens with zero attached hydrogens (tertiary/aromatic N) is 3. The van der Waals surface area contributed by atoms with Crippen LogP contribution >= 0.6 is 0 Å². The Bertz CT molecular complexity index is 935. The second-order valence-electron chi connectivity index (χ2n) is 6.92. The maximum atomic E-state index is 13.2. The zero-order valence-corrected chi connectivity index (χ0v) is 15.2. The lowest BCUT2D eigenvalue weighted by molar-refractivity contribution is -0.144. The van der Waals surface area contributed by atoms with Crippen LogP contribution in [0.4, 0.5) is 4.39 Å². The minimum absolute atomic E-state index is 0.101. The van der Waals surface area contributed by atoms with Crippen molar-refractivity contribution in [2.24, 2.45) is 0 Å². The third-order valence-electron chi connectivity index (χ3n) is 5.14. The molecule has 1 saturated heterocycles. The summed E-state index contributed by atoms with van der Waals surface area (Å²) in [5, 5.41) is 13.8. The number of aromatic nitrogens is 2. The van der Waals surface area contributed by atoms with E-state index in [9.17, 15) is 14.3 Å². The van der Waals surface area contributed by atoms with Gasteiger partial charge in [0.25, 0.3) is 0 Å². The van der Waals surface area contributed by atoms with Crippen molar-refractivity contribution < 1.29 is 18.8 Å². The normalized spacial score (nSPS) is 16.8. The lowest BCUT2D eigenvalue weighted by Crippen LogP contribution is -2.39. The Balaban J connectivity index is 1.44. The summed E-state index contributed by atoms with van der Waals surface area (Å²) in [7, 11) is 0. The molecule has 1 N–H and O–H groups in total. The first-order chi connectivity index (χ1) is 13.6. The Morgan fingerprint density at radius 1 is 1.11 bits per heavy atom. The molecule has 0 bridgehead atoms. The van der Waals surface area contributed by atoms with E-state index < -0.39 is 12.0 Å². The van der Waals surface area contributed by atoms with Crippen molar-refractivity contribution in [3.63, 3.8) is 0 Å². The predicted molar refractivity (Wildman–Crippen MR) is 100 cm³/mol. The molecule has 2 aromatic carbocycles. The molecule has 0 aliphatic carbocycles. The van der Waals surface area contributed by atoms with Crippen LogP contribution in [0.2, 0.25) is 0 Å². The van der Waals surface area contributed by atoms with Crippen LogP contribution in [0.25, 0.3) is 11.4 Å². The van der Waals surface area contributed by atoms with Crippen molar-refractivity contribution in [1.82, 2.24) is 15.0 Å². The topological polar surface area (TPSA) is 79.5 Å². The number of hydrogen-bond donors (Lipinski definition) is 1. The van der Waals surface area contributed by atoms with Gasteiger partial charge in [-0.25, -0.2) is 4.39 Å². The summed E-state index contributed by atoms with van der Waals surface area (Å²) in [4.78, 5) is 18.2. The van der Waals surface area contributed by atoms with E-state index in [1.54, 1.807) is 0 Å². The second-order valence-corrected chi connectivity index (χ2v) is 6.92. The molecule has 2 heterocycles. The van der Waals surface area contributed by atoms with Gasteiger partial charge in [0.2, 0.25) is 11.7 Å². The number of aliphatic carboxylic acids is 1. The molecule has 0 spiro atoms. The van der Waals surface area contributed by atoms with E-state index in [0.717, 1.165) is 18.4 Å². The van der Waals surface area contributed by atoms with Gasteiger partial charge in [-0.3, -0.25) is 9.69 Å². The van der Waals surface area contributed by atoms with E-state index in [1.165, 1.54) is 24.3 Å². The lowest BCUT2D eigenvalue weighted by atomic mass is 9.94. The minimum atomic E-state index is -0.936. The first kappa shape index (κ1) is 18.3. The highest BCUT2D eigenvalue weighted by atomic mass is 19.1. The van der Waals surface area contributed by atoms with Crippen LogP contribution in [-0.2, 0) is 4.79 Å². The molecular weight excluding hydrogens is 361 g/mol. The number of rotatable bonds is 5. The molecule has 0 amide bonds. The molecule has 1 aliphatic rings. The number of benzene rings is 2. The molecule has 0 saturated carbocycles. The number of carboxylic acid groups (broad SMARTS) is 1. The number of likely N-dealkylation sites (tertiary alicyclic amines) is 1. The first-order valence-corrected chi connectivity index (χ1v) is 9.23. The average Bonchev–Trinajstić information content (AvgIpc) is 3.21. The largest absolute Gasteiger partial charge is 0.480 e. The molecule has 1 atom stereocenters. The third-order valence-corrected chi connectivity index (χ3v) is 5.14. The molecule has 6 nitrogen and oxygen atoms in total. The molecule has 1 aromatic heterocycles. The standard InChI is InChI=1S/C21H20FN3O3/c22-17-8-6-14(7-9-17)18(21(26)27)25-12-10-16(11-13-25)20-23-19(24-28-20)15-4-2-1-3-5-15/h1-9,16,18H,10-13H2,(H,26,27). The Morgan fingerprint density at radius 3 is 2.43 bits per heavy atom. The van der Waals surface area contributed by atoms with Crippen LogP contribution in [0.5, 0.6) is 0 Å². The monoisotopic (exact) mass is 381 g/mol. The SMILES string of the molecule is O=C(O)C(c1ccc(F)cc1)N1CCC(c2nc(-c3ccccc3)no2)CC1. The van der Waals surface area contributed by atoms with Crippen LogP contribution in [-0.4, -0.2) is 39.2 Å².